The molecule has 2 N–H and O–H groups in total. The van der Waals surface area contributed by atoms with Crippen LogP contribution in [0.25, 0.3) is 5.69 Å². The number of aryl methyl sites for hydroxylation is 3. The van der Waals surface area contributed by atoms with E-state index in [-0.39, 0.29) is 11.8 Å². The first-order valence-electron chi connectivity index (χ1n) is 13.3. The molecule has 7 rings (SSSR count). The summed E-state index contributed by atoms with van der Waals surface area (Å²) >= 11 is 0. The quantitative estimate of drug-likeness (QED) is 0.260. The van der Waals surface area contributed by atoms with Crippen LogP contribution in [0, 0.1) is 20.8 Å². The van der Waals surface area contributed by atoms with Crippen LogP contribution in [0.5, 0.6) is 5.75 Å². The predicted octanol–water partition coefficient (Wildman–Crippen LogP) is 7.30. The lowest BCUT2D eigenvalue weighted by Gasteiger charge is -2.40. The van der Waals surface area contributed by atoms with Gasteiger partial charge in [0, 0.05) is 11.3 Å². The van der Waals surface area contributed by atoms with E-state index in [0.717, 1.165) is 45.4 Å². The van der Waals surface area contributed by atoms with Gasteiger partial charge in [0.15, 0.2) is 17.5 Å². The van der Waals surface area contributed by atoms with Crippen molar-refractivity contribution in [2.45, 2.75) is 26.8 Å². The topological polar surface area (TPSA) is 78.0 Å². The average Bonchev–Trinajstić information content (AvgIpc) is 3.29. The van der Waals surface area contributed by atoms with Crippen molar-refractivity contribution >= 4 is 34.6 Å². The standard InChI is InChI=1S/C33H28N6O/c1-20-11-15-24(16-12-20)34-31-33-36-32-29(22(3)37-39(32)25-17-13-21(2)14-18-25)30(23-7-6-8-26(40)19-23)38(33)28-10-5-4-9-27(28)35-31/h4-19,30,40H,1-3H3,(H,34,35). The molecular weight excluding hydrogens is 496 g/mol. The summed E-state index contributed by atoms with van der Waals surface area (Å²) in [5.41, 5.74) is 8.80. The average molecular weight is 525 g/mol. The molecule has 1 aromatic heterocycles. The first kappa shape index (κ1) is 23.9. The largest absolute Gasteiger partial charge is 0.508 e. The number of phenols is 1. The Morgan fingerprint density at radius 3 is 2.25 bits per heavy atom. The number of benzene rings is 4. The highest BCUT2D eigenvalue weighted by Crippen LogP contribution is 2.48. The molecule has 0 bridgehead atoms. The van der Waals surface area contributed by atoms with E-state index in [2.05, 4.69) is 66.5 Å². The maximum atomic E-state index is 10.5. The maximum absolute atomic E-state index is 10.5. The monoisotopic (exact) mass is 524 g/mol. The third-order valence-corrected chi connectivity index (χ3v) is 7.42. The Labute approximate surface area is 232 Å². The summed E-state index contributed by atoms with van der Waals surface area (Å²) in [5.74, 6) is 2.29. The molecule has 4 aromatic carbocycles. The Bertz CT molecular complexity index is 1820. The van der Waals surface area contributed by atoms with Gasteiger partial charge in [0.25, 0.3) is 0 Å². The summed E-state index contributed by atoms with van der Waals surface area (Å²) in [4.78, 5) is 12.5. The molecule has 0 saturated heterocycles. The van der Waals surface area contributed by atoms with Gasteiger partial charge < -0.3 is 15.3 Å². The van der Waals surface area contributed by atoms with Crippen LogP contribution in [0.3, 0.4) is 0 Å². The molecule has 0 amide bonds. The zero-order chi connectivity index (χ0) is 27.4. The molecule has 0 spiro atoms. The number of hydrogen-bond donors (Lipinski definition) is 2. The van der Waals surface area contributed by atoms with E-state index in [1.54, 1.807) is 6.07 Å². The van der Waals surface area contributed by atoms with Crippen molar-refractivity contribution < 1.29 is 5.11 Å². The summed E-state index contributed by atoms with van der Waals surface area (Å²) < 4.78 is 1.91. The second-order valence-corrected chi connectivity index (χ2v) is 10.3. The molecular formula is C33H28N6O. The number of aliphatic imine (C=N–C) groups is 2. The smallest absolute Gasteiger partial charge is 0.179 e. The third kappa shape index (κ3) is 3.94. The van der Waals surface area contributed by atoms with Gasteiger partial charge in [-0.15, -0.1) is 0 Å². The van der Waals surface area contributed by atoms with Crippen LogP contribution in [0.1, 0.15) is 34.0 Å². The fraction of sp³-hybridized carbons (Fsp3) is 0.121. The number of amidine groups is 2. The first-order valence-corrected chi connectivity index (χ1v) is 13.3. The third-order valence-electron chi connectivity index (χ3n) is 7.42. The molecule has 3 heterocycles. The lowest BCUT2D eigenvalue weighted by atomic mass is 9.93. The lowest BCUT2D eigenvalue weighted by Crippen LogP contribution is -2.46. The molecule has 1 atom stereocenters. The van der Waals surface area contributed by atoms with Crippen LogP contribution in [-0.4, -0.2) is 26.6 Å². The second-order valence-electron chi connectivity index (χ2n) is 10.3. The Morgan fingerprint density at radius 1 is 0.775 bits per heavy atom. The fourth-order valence-corrected chi connectivity index (χ4v) is 5.45. The highest BCUT2D eigenvalue weighted by Gasteiger charge is 2.41. The van der Waals surface area contributed by atoms with Crippen molar-refractivity contribution in [1.29, 1.82) is 0 Å². The summed E-state index contributed by atoms with van der Waals surface area (Å²) in [6.45, 7) is 6.17. The molecule has 40 heavy (non-hydrogen) atoms. The van der Waals surface area contributed by atoms with Gasteiger partial charge in [-0.05, 0) is 74.9 Å². The number of rotatable bonds is 3. The highest BCUT2D eigenvalue weighted by atomic mass is 16.3. The van der Waals surface area contributed by atoms with Crippen molar-refractivity contribution in [3.63, 3.8) is 0 Å². The van der Waals surface area contributed by atoms with Crippen molar-refractivity contribution in [2.24, 2.45) is 9.98 Å². The molecule has 0 aliphatic carbocycles. The minimum atomic E-state index is -0.291. The van der Waals surface area contributed by atoms with Crippen LogP contribution in [0.4, 0.5) is 22.9 Å². The van der Waals surface area contributed by atoms with E-state index < -0.39 is 0 Å². The Balaban J connectivity index is 1.49. The molecule has 5 aromatic rings. The van der Waals surface area contributed by atoms with E-state index >= 15 is 0 Å². The summed E-state index contributed by atoms with van der Waals surface area (Å²) in [5, 5.41) is 19.0. The summed E-state index contributed by atoms with van der Waals surface area (Å²) in [6, 6.07) is 31.8. The number of phenolic OH excluding ortho intramolecular Hbond substituents is 1. The molecule has 0 fully saturated rings. The Hall–Kier alpha value is -5.17. The van der Waals surface area contributed by atoms with Crippen molar-refractivity contribution in [1.82, 2.24) is 9.78 Å². The molecule has 0 saturated carbocycles. The molecule has 2 aliphatic heterocycles. The highest BCUT2D eigenvalue weighted by molar-refractivity contribution is 6.51. The van der Waals surface area contributed by atoms with Gasteiger partial charge in [-0.3, -0.25) is 0 Å². The minimum absolute atomic E-state index is 0.212. The molecule has 7 nitrogen and oxygen atoms in total. The van der Waals surface area contributed by atoms with E-state index in [4.69, 9.17) is 15.1 Å². The Morgan fingerprint density at radius 2 is 1.50 bits per heavy atom. The van der Waals surface area contributed by atoms with Crippen LogP contribution < -0.4 is 10.2 Å². The first-order chi connectivity index (χ1) is 19.5. The lowest BCUT2D eigenvalue weighted by molar-refractivity contribution is 0.474. The van der Waals surface area contributed by atoms with Crippen molar-refractivity contribution in [3.05, 3.63) is 125 Å². The number of fused-ring (bicyclic) bond motifs is 4. The maximum Gasteiger partial charge on any atom is 0.179 e. The molecule has 2 aliphatic rings. The second kappa shape index (κ2) is 9.24. The fourth-order valence-electron chi connectivity index (χ4n) is 5.45. The van der Waals surface area contributed by atoms with Crippen molar-refractivity contribution in [3.8, 4) is 11.4 Å². The Kier molecular flexibility index (Phi) is 5.52. The predicted molar refractivity (Wildman–Crippen MR) is 161 cm³/mol. The zero-order valence-electron chi connectivity index (χ0n) is 22.5. The van der Waals surface area contributed by atoms with Gasteiger partial charge in [-0.25, -0.2) is 14.7 Å². The van der Waals surface area contributed by atoms with Crippen LogP contribution in [0.2, 0.25) is 0 Å². The number of aromatic hydroxyl groups is 1. The molecule has 7 heteroatoms. The minimum Gasteiger partial charge on any atom is -0.508 e. The van der Waals surface area contributed by atoms with Gasteiger partial charge in [-0.1, -0.05) is 59.7 Å². The summed E-state index contributed by atoms with van der Waals surface area (Å²) in [6.07, 6.45) is 0. The number of anilines is 2. The van der Waals surface area contributed by atoms with Crippen LogP contribution in [0.15, 0.2) is 107 Å². The number of nitrogens with one attached hydrogen (secondary N) is 1. The zero-order valence-corrected chi connectivity index (χ0v) is 22.5. The van der Waals surface area contributed by atoms with Gasteiger partial charge in [0.05, 0.1) is 28.8 Å². The van der Waals surface area contributed by atoms with E-state index in [0.29, 0.717) is 11.7 Å². The van der Waals surface area contributed by atoms with Gasteiger partial charge in [-0.2, -0.15) is 5.10 Å². The van der Waals surface area contributed by atoms with E-state index in [1.807, 2.05) is 60.1 Å². The SMILES string of the molecule is Cc1ccc(NC2=Nc3ccccc3N3C2=Nc2c(c(C)nn2-c2ccc(C)cc2)C3c2cccc(O)c2)cc1. The van der Waals surface area contributed by atoms with Gasteiger partial charge in [0.1, 0.15) is 5.75 Å². The normalized spacial score (nSPS) is 15.5. The number of para-hydroxylation sites is 2. The number of nitrogens with zero attached hydrogens (tertiary/aromatic N) is 5. The molecule has 0 radical (unpaired) electrons. The van der Waals surface area contributed by atoms with E-state index in [1.165, 1.54) is 11.1 Å². The van der Waals surface area contributed by atoms with Gasteiger partial charge in [0.2, 0.25) is 0 Å². The van der Waals surface area contributed by atoms with Crippen molar-refractivity contribution in [2.75, 3.05) is 10.2 Å². The number of aromatic nitrogens is 2. The van der Waals surface area contributed by atoms with Crippen LogP contribution >= 0.6 is 0 Å². The molecule has 196 valence electrons. The summed E-state index contributed by atoms with van der Waals surface area (Å²) in [7, 11) is 0. The van der Waals surface area contributed by atoms with Gasteiger partial charge >= 0.3 is 0 Å². The molecule has 1 unspecified atom stereocenters. The van der Waals surface area contributed by atoms with Crippen LogP contribution in [-0.2, 0) is 0 Å². The number of hydrogen-bond acceptors (Lipinski definition) is 6. The van der Waals surface area contributed by atoms with E-state index in [9.17, 15) is 5.11 Å².